The number of aryl methyl sites for hydroxylation is 1. The van der Waals surface area contributed by atoms with Gasteiger partial charge in [-0.3, -0.25) is 11.7 Å². The van der Waals surface area contributed by atoms with Gasteiger partial charge in [-0.15, -0.1) is 0 Å². The molecule has 0 aliphatic rings. The van der Waals surface area contributed by atoms with Crippen molar-refractivity contribution in [1.29, 1.82) is 0 Å². The molecule has 1 aromatic heterocycles. The normalized spacial score (nSPS) is 7.89. The van der Waals surface area contributed by atoms with Crippen molar-refractivity contribution in [3.63, 3.8) is 0 Å². The lowest BCUT2D eigenvalue weighted by Gasteiger charge is -1.79. The van der Waals surface area contributed by atoms with E-state index in [1.54, 1.807) is 6.20 Å². The average Bonchev–Trinajstić information content (AvgIpc) is 2.43. The van der Waals surface area contributed by atoms with Crippen LogP contribution in [0.1, 0.15) is 12.7 Å². The van der Waals surface area contributed by atoms with Crippen molar-refractivity contribution in [2.75, 3.05) is 0 Å². The van der Waals surface area contributed by atoms with E-state index in [-0.39, 0.29) is 0 Å². The Labute approximate surface area is 54.2 Å². The van der Waals surface area contributed by atoms with Crippen LogP contribution in [0.4, 0.5) is 0 Å². The summed E-state index contributed by atoms with van der Waals surface area (Å²) >= 11 is 0. The summed E-state index contributed by atoms with van der Waals surface area (Å²) in [6.07, 6.45) is 4.59. The molecule has 0 saturated carbocycles. The molecule has 0 atom stereocenters. The maximum absolute atomic E-state index is 4.00. The lowest BCUT2D eigenvalue weighted by molar-refractivity contribution is 0.990. The molecular weight excluding hydrogens is 116 g/mol. The predicted octanol–water partition coefficient (Wildman–Crippen LogP) is -0.209. The summed E-state index contributed by atoms with van der Waals surface area (Å²) in [6.45, 7) is 2.07. The third-order valence-corrected chi connectivity index (χ3v) is 0.890. The zero-order chi connectivity index (χ0) is 7.11. The molecule has 0 aliphatic carbocycles. The second-order valence-corrected chi connectivity index (χ2v) is 1.39. The second-order valence-electron chi connectivity index (χ2n) is 1.39. The fourth-order valence-corrected chi connectivity index (χ4v) is 0.491. The van der Waals surface area contributed by atoms with Gasteiger partial charge >= 0.3 is 0 Å². The van der Waals surface area contributed by atoms with Crippen molar-refractivity contribution in [2.24, 2.45) is 11.7 Å². The van der Waals surface area contributed by atoms with E-state index >= 15 is 0 Å². The number of rotatable bonds is 1. The van der Waals surface area contributed by atoms with Gasteiger partial charge < -0.3 is 4.98 Å². The molecule has 4 nitrogen and oxygen atoms in total. The van der Waals surface area contributed by atoms with Gasteiger partial charge in [-0.2, -0.15) is 0 Å². The lowest BCUT2D eigenvalue weighted by Crippen LogP contribution is -2.02. The monoisotopic (exact) mass is 128 g/mol. The van der Waals surface area contributed by atoms with Crippen molar-refractivity contribution in [3.8, 4) is 0 Å². The summed E-state index contributed by atoms with van der Waals surface area (Å²) in [5.74, 6) is 9.06. The van der Waals surface area contributed by atoms with E-state index in [0.29, 0.717) is 0 Å². The van der Waals surface area contributed by atoms with E-state index in [2.05, 4.69) is 28.6 Å². The van der Waals surface area contributed by atoms with Crippen molar-refractivity contribution in [2.45, 2.75) is 13.3 Å². The Morgan fingerprint density at radius 1 is 1.67 bits per heavy atom. The Morgan fingerprint density at radius 2 is 2.33 bits per heavy atom. The largest absolute Gasteiger partial charge is 0.349 e. The van der Waals surface area contributed by atoms with Gasteiger partial charge in [0.25, 0.3) is 0 Å². The highest BCUT2D eigenvalue weighted by Gasteiger charge is 1.82. The highest BCUT2D eigenvalue weighted by atomic mass is 15.0. The summed E-state index contributed by atoms with van der Waals surface area (Å²) in [6, 6.07) is 0. The number of nitrogens with two attached hydrogens (primary N) is 2. The Morgan fingerprint density at radius 3 is 2.56 bits per heavy atom. The summed E-state index contributed by atoms with van der Waals surface area (Å²) in [5.41, 5.74) is 0. The number of hydrogen-bond acceptors (Lipinski definition) is 3. The molecule has 5 N–H and O–H groups in total. The van der Waals surface area contributed by atoms with Crippen LogP contribution in [0.15, 0.2) is 12.4 Å². The zero-order valence-electron chi connectivity index (χ0n) is 5.46. The summed E-state index contributed by atoms with van der Waals surface area (Å²) < 4.78 is 0. The first kappa shape index (κ1) is 8.13. The van der Waals surface area contributed by atoms with Crippen LogP contribution < -0.4 is 11.7 Å². The number of nitrogens with one attached hydrogen (secondary N) is 1. The van der Waals surface area contributed by atoms with Crippen LogP contribution in [0.5, 0.6) is 0 Å². The van der Waals surface area contributed by atoms with Gasteiger partial charge in [-0.1, -0.05) is 6.92 Å². The van der Waals surface area contributed by atoms with E-state index < -0.39 is 0 Å². The van der Waals surface area contributed by atoms with Gasteiger partial charge in [0.2, 0.25) is 0 Å². The Hall–Kier alpha value is -0.870. The van der Waals surface area contributed by atoms with Crippen LogP contribution in [0.25, 0.3) is 0 Å². The third kappa shape index (κ3) is 2.84. The van der Waals surface area contributed by atoms with E-state index in [4.69, 9.17) is 0 Å². The van der Waals surface area contributed by atoms with Gasteiger partial charge in [-0.25, -0.2) is 4.98 Å². The number of nitrogens with zero attached hydrogens (tertiary/aromatic N) is 1. The molecule has 1 heterocycles. The fourth-order valence-electron chi connectivity index (χ4n) is 0.491. The van der Waals surface area contributed by atoms with E-state index in [1.807, 2.05) is 6.20 Å². The number of hydrazine groups is 1. The molecule has 0 aromatic carbocycles. The maximum atomic E-state index is 4.00. The van der Waals surface area contributed by atoms with Gasteiger partial charge in [0.1, 0.15) is 5.82 Å². The molecule has 4 heteroatoms. The minimum Gasteiger partial charge on any atom is -0.349 e. The SMILES string of the molecule is CCc1ncc[nH]1.NN. The molecule has 0 aliphatic heterocycles. The van der Waals surface area contributed by atoms with Crippen molar-refractivity contribution in [1.82, 2.24) is 9.97 Å². The van der Waals surface area contributed by atoms with Crippen molar-refractivity contribution in [3.05, 3.63) is 18.2 Å². The second kappa shape index (κ2) is 5.27. The molecule has 1 aromatic rings. The van der Waals surface area contributed by atoms with Crippen LogP contribution in [-0.2, 0) is 6.42 Å². The Bertz CT molecular complexity index is 124. The molecule has 9 heavy (non-hydrogen) atoms. The molecule has 0 fully saturated rings. The highest BCUT2D eigenvalue weighted by molar-refractivity contribution is 4.84. The minimum atomic E-state index is 0.993. The molecule has 0 unspecified atom stereocenters. The molecule has 0 spiro atoms. The van der Waals surface area contributed by atoms with Gasteiger partial charge in [0, 0.05) is 18.8 Å². The fraction of sp³-hybridized carbons (Fsp3) is 0.400. The average molecular weight is 128 g/mol. The van der Waals surface area contributed by atoms with Gasteiger partial charge in [0.05, 0.1) is 0 Å². The number of aromatic amines is 1. The van der Waals surface area contributed by atoms with Crippen LogP contribution in [-0.4, -0.2) is 9.97 Å². The van der Waals surface area contributed by atoms with Crippen LogP contribution in [0.3, 0.4) is 0 Å². The number of H-pyrrole nitrogens is 1. The zero-order valence-corrected chi connectivity index (χ0v) is 5.46. The van der Waals surface area contributed by atoms with Crippen LogP contribution in [0.2, 0.25) is 0 Å². The summed E-state index contributed by atoms with van der Waals surface area (Å²) in [4.78, 5) is 6.95. The highest BCUT2D eigenvalue weighted by Crippen LogP contribution is 1.85. The summed E-state index contributed by atoms with van der Waals surface area (Å²) in [7, 11) is 0. The lowest BCUT2D eigenvalue weighted by atomic mass is 10.5. The minimum absolute atomic E-state index is 0.993. The first-order chi connectivity index (χ1) is 4.43. The smallest absolute Gasteiger partial charge is 0.105 e. The van der Waals surface area contributed by atoms with Crippen LogP contribution >= 0.6 is 0 Å². The van der Waals surface area contributed by atoms with Gasteiger partial charge in [0.15, 0.2) is 0 Å². The molecule has 0 amide bonds. The molecule has 52 valence electrons. The predicted molar refractivity (Wildman–Crippen MR) is 36.3 cm³/mol. The van der Waals surface area contributed by atoms with Crippen molar-refractivity contribution < 1.29 is 0 Å². The molecule has 0 radical (unpaired) electrons. The standard InChI is InChI=1S/C5H8N2.H4N2/c1-2-5-6-3-4-7-5;1-2/h3-4H,2H2,1H3,(H,6,7);1-2H2. The van der Waals surface area contributed by atoms with E-state index in [0.717, 1.165) is 12.2 Å². The van der Waals surface area contributed by atoms with Crippen molar-refractivity contribution >= 4 is 0 Å². The first-order valence-electron chi connectivity index (χ1n) is 2.75. The maximum Gasteiger partial charge on any atom is 0.105 e. The van der Waals surface area contributed by atoms with Crippen LogP contribution in [0, 0.1) is 0 Å². The van der Waals surface area contributed by atoms with E-state index in [1.165, 1.54) is 0 Å². The number of imidazole rings is 1. The molecular formula is C5H12N4. The third-order valence-electron chi connectivity index (χ3n) is 0.890. The Balaban J connectivity index is 0.000000291. The number of hydrogen-bond donors (Lipinski definition) is 3. The quantitative estimate of drug-likeness (QED) is 0.361. The first-order valence-corrected chi connectivity index (χ1v) is 2.75. The van der Waals surface area contributed by atoms with Gasteiger partial charge in [-0.05, 0) is 0 Å². The Kier molecular flexibility index (Phi) is 4.76. The molecule has 0 bridgehead atoms. The summed E-state index contributed by atoms with van der Waals surface area (Å²) in [5, 5.41) is 0. The molecule has 0 saturated heterocycles. The number of aromatic nitrogens is 2. The topological polar surface area (TPSA) is 80.7 Å². The molecule has 1 rings (SSSR count). The van der Waals surface area contributed by atoms with E-state index in [9.17, 15) is 0 Å².